The molecule has 1 saturated carbocycles. The van der Waals surface area contributed by atoms with Gasteiger partial charge in [0.05, 0.1) is 4.90 Å². The molecule has 0 unspecified atom stereocenters. The average molecular weight is 462 g/mol. The Morgan fingerprint density at radius 1 is 1.10 bits per heavy atom. The smallest absolute Gasteiger partial charge is 0.324 e. The third-order valence-electron chi connectivity index (χ3n) is 6.80. The number of carbonyl (C=O) groups excluding carboxylic acids is 1. The summed E-state index contributed by atoms with van der Waals surface area (Å²) in [6.07, 6.45) is 4.81. The Hall–Kier alpha value is -2.09. The maximum Gasteiger partial charge on any atom is 0.324 e. The fraction of sp³-hybridized carbons (Fsp3) is 0.435. The van der Waals surface area contributed by atoms with Crippen molar-refractivity contribution in [3.05, 3.63) is 59.1 Å². The lowest BCUT2D eigenvalue weighted by Gasteiger charge is -2.42. The van der Waals surface area contributed by atoms with Crippen molar-refractivity contribution in [2.24, 2.45) is 5.73 Å². The summed E-state index contributed by atoms with van der Waals surface area (Å²) in [6.45, 7) is 1.83. The van der Waals surface area contributed by atoms with Crippen molar-refractivity contribution in [2.45, 2.75) is 42.0 Å². The van der Waals surface area contributed by atoms with Crippen molar-refractivity contribution < 1.29 is 13.2 Å². The normalized spacial score (nSPS) is 24.6. The Bertz CT molecular complexity index is 1060. The number of hydrogen-bond donors (Lipinski definition) is 1. The second-order valence-corrected chi connectivity index (χ2v) is 11.1. The predicted molar refractivity (Wildman–Crippen MR) is 123 cm³/mol. The van der Waals surface area contributed by atoms with Gasteiger partial charge >= 0.3 is 6.03 Å². The lowest BCUT2D eigenvalue weighted by molar-refractivity contribution is 0.156. The summed E-state index contributed by atoms with van der Waals surface area (Å²) >= 11 is 6.21. The highest BCUT2D eigenvalue weighted by atomic mass is 35.5. The molecule has 1 heterocycles. The van der Waals surface area contributed by atoms with Crippen molar-refractivity contribution >= 4 is 33.2 Å². The van der Waals surface area contributed by atoms with E-state index in [1.807, 2.05) is 23.1 Å². The molecule has 2 aromatic rings. The van der Waals surface area contributed by atoms with Crippen LogP contribution in [0.15, 0.2) is 53.4 Å². The van der Waals surface area contributed by atoms with Gasteiger partial charge in [0.2, 0.25) is 0 Å². The van der Waals surface area contributed by atoms with E-state index >= 15 is 0 Å². The second-order valence-electron chi connectivity index (χ2n) is 8.62. The van der Waals surface area contributed by atoms with Gasteiger partial charge in [0, 0.05) is 48.1 Å². The SMILES string of the molecule is CS(=O)(=O)c1ccc(N2CCN(C3CCC(CN)(c4cccc(Cl)c4)CC3)C2=O)cc1. The number of nitrogens with two attached hydrogens (primary N) is 1. The maximum absolute atomic E-state index is 13.1. The third-order valence-corrected chi connectivity index (χ3v) is 8.16. The average Bonchev–Trinajstić information content (AvgIpc) is 3.14. The van der Waals surface area contributed by atoms with Crippen LogP contribution in [0.25, 0.3) is 0 Å². The molecule has 4 rings (SSSR count). The highest BCUT2D eigenvalue weighted by molar-refractivity contribution is 7.90. The van der Waals surface area contributed by atoms with Crippen LogP contribution in [0.1, 0.15) is 31.2 Å². The lowest BCUT2D eigenvalue weighted by Crippen LogP contribution is -2.46. The molecule has 2 N–H and O–H groups in total. The highest BCUT2D eigenvalue weighted by Crippen LogP contribution is 2.41. The summed E-state index contributed by atoms with van der Waals surface area (Å²) in [7, 11) is -3.26. The van der Waals surface area contributed by atoms with Crippen molar-refractivity contribution in [1.82, 2.24) is 4.90 Å². The number of halogens is 1. The van der Waals surface area contributed by atoms with E-state index in [2.05, 4.69) is 6.07 Å². The zero-order chi connectivity index (χ0) is 22.2. The van der Waals surface area contributed by atoms with Crippen LogP contribution in [0, 0.1) is 0 Å². The Morgan fingerprint density at radius 2 is 1.77 bits per heavy atom. The van der Waals surface area contributed by atoms with Crippen molar-refractivity contribution in [3.63, 3.8) is 0 Å². The quantitative estimate of drug-likeness (QED) is 0.733. The number of rotatable bonds is 5. The van der Waals surface area contributed by atoms with Gasteiger partial charge in [-0.25, -0.2) is 13.2 Å². The van der Waals surface area contributed by atoms with Crippen LogP contribution in [-0.4, -0.2) is 51.3 Å². The molecule has 0 spiro atoms. The zero-order valence-electron chi connectivity index (χ0n) is 17.6. The molecule has 1 aliphatic carbocycles. The molecule has 2 amide bonds. The fourth-order valence-electron chi connectivity index (χ4n) is 4.90. The van der Waals surface area contributed by atoms with Gasteiger partial charge in [-0.2, -0.15) is 0 Å². The number of anilines is 1. The highest BCUT2D eigenvalue weighted by Gasteiger charge is 2.41. The Morgan fingerprint density at radius 3 is 2.35 bits per heavy atom. The number of benzene rings is 2. The van der Waals surface area contributed by atoms with Gasteiger partial charge in [-0.05, 0) is 67.6 Å². The van der Waals surface area contributed by atoms with E-state index in [0.29, 0.717) is 19.6 Å². The van der Waals surface area contributed by atoms with Gasteiger partial charge in [-0.3, -0.25) is 4.90 Å². The van der Waals surface area contributed by atoms with E-state index in [-0.39, 0.29) is 22.4 Å². The van der Waals surface area contributed by atoms with Crippen molar-refractivity contribution in [3.8, 4) is 0 Å². The molecular weight excluding hydrogens is 434 g/mol. The van der Waals surface area contributed by atoms with Gasteiger partial charge in [-0.1, -0.05) is 23.7 Å². The first kappa shape index (κ1) is 22.1. The van der Waals surface area contributed by atoms with Gasteiger partial charge in [0.25, 0.3) is 0 Å². The van der Waals surface area contributed by atoms with E-state index in [1.54, 1.807) is 29.2 Å². The van der Waals surface area contributed by atoms with Crippen LogP contribution < -0.4 is 10.6 Å². The maximum atomic E-state index is 13.1. The van der Waals surface area contributed by atoms with Gasteiger partial charge < -0.3 is 10.6 Å². The molecule has 0 bridgehead atoms. The molecule has 2 aliphatic rings. The van der Waals surface area contributed by atoms with Crippen molar-refractivity contribution in [1.29, 1.82) is 0 Å². The number of sulfone groups is 1. The molecule has 0 atom stereocenters. The Kier molecular flexibility index (Phi) is 6.03. The van der Waals surface area contributed by atoms with E-state index in [0.717, 1.165) is 36.4 Å². The molecule has 2 aromatic carbocycles. The first-order valence-corrected chi connectivity index (χ1v) is 12.8. The monoisotopic (exact) mass is 461 g/mol. The second kappa shape index (κ2) is 8.45. The standard InChI is InChI=1S/C23H28ClN3O3S/c1-31(29,30)21-7-5-19(6-8-21)26-13-14-27(22(26)28)20-9-11-23(16-25,12-10-20)17-3-2-4-18(24)15-17/h2-8,15,20H,9-14,16,25H2,1H3. The molecule has 1 aliphatic heterocycles. The van der Waals surface area contributed by atoms with Crippen molar-refractivity contribution in [2.75, 3.05) is 30.8 Å². The minimum atomic E-state index is -3.26. The minimum absolute atomic E-state index is 0.0138. The molecule has 0 aromatic heterocycles. The first-order chi connectivity index (χ1) is 14.7. The Labute approximate surface area is 188 Å². The molecular formula is C23H28ClN3O3S. The predicted octanol–water partition coefficient (Wildman–Crippen LogP) is 3.82. The number of amides is 2. The van der Waals surface area contributed by atoms with Gasteiger partial charge in [0.15, 0.2) is 9.84 Å². The molecule has 0 radical (unpaired) electrons. The first-order valence-electron chi connectivity index (χ1n) is 10.6. The van der Waals surface area contributed by atoms with Crippen LogP contribution in [0.3, 0.4) is 0 Å². The molecule has 8 heteroatoms. The number of urea groups is 1. The summed E-state index contributed by atoms with van der Waals surface area (Å²) in [5, 5.41) is 0.722. The van der Waals surface area contributed by atoms with Crippen LogP contribution in [0.2, 0.25) is 5.02 Å². The van der Waals surface area contributed by atoms with Gasteiger partial charge in [0.1, 0.15) is 0 Å². The zero-order valence-corrected chi connectivity index (χ0v) is 19.2. The summed E-state index contributed by atoms with van der Waals surface area (Å²) in [6, 6.07) is 14.7. The van der Waals surface area contributed by atoms with E-state index in [4.69, 9.17) is 17.3 Å². The number of carbonyl (C=O) groups is 1. The minimum Gasteiger partial charge on any atom is -0.330 e. The van der Waals surface area contributed by atoms with Crippen LogP contribution >= 0.6 is 11.6 Å². The van der Waals surface area contributed by atoms with E-state index < -0.39 is 9.84 Å². The molecule has 6 nitrogen and oxygen atoms in total. The number of hydrogen-bond acceptors (Lipinski definition) is 4. The van der Waals surface area contributed by atoms with E-state index in [9.17, 15) is 13.2 Å². The van der Waals surface area contributed by atoms with Gasteiger partial charge in [-0.15, -0.1) is 0 Å². The summed E-state index contributed by atoms with van der Waals surface area (Å²) < 4.78 is 23.4. The third kappa shape index (κ3) is 4.31. The largest absolute Gasteiger partial charge is 0.330 e. The molecule has 166 valence electrons. The van der Waals surface area contributed by atoms with Crippen LogP contribution in [-0.2, 0) is 15.3 Å². The van der Waals surface area contributed by atoms with E-state index in [1.165, 1.54) is 11.8 Å². The molecule has 2 fully saturated rings. The summed E-state index contributed by atoms with van der Waals surface area (Å²) in [5.41, 5.74) is 8.03. The van der Waals surface area contributed by atoms with Crippen LogP contribution in [0.4, 0.5) is 10.5 Å². The fourth-order valence-corrected chi connectivity index (χ4v) is 5.72. The number of nitrogens with zero attached hydrogens (tertiary/aromatic N) is 2. The van der Waals surface area contributed by atoms with Crippen LogP contribution in [0.5, 0.6) is 0 Å². The Balaban J connectivity index is 1.44. The molecule has 31 heavy (non-hydrogen) atoms. The summed E-state index contributed by atoms with van der Waals surface area (Å²) in [4.78, 5) is 17.1. The molecule has 1 saturated heterocycles. The topological polar surface area (TPSA) is 83.7 Å². The summed E-state index contributed by atoms with van der Waals surface area (Å²) in [5.74, 6) is 0. The lowest BCUT2D eigenvalue weighted by atomic mass is 9.68.